The van der Waals surface area contributed by atoms with Crippen LogP contribution >= 0.6 is 15.9 Å². The lowest BCUT2D eigenvalue weighted by Gasteiger charge is -2.23. The molecule has 0 aromatic carbocycles. The molecule has 1 aromatic heterocycles. The van der Waals surface area contributed by atoms with Gasteiger partial charge in [-0.1, -0.05) is 0 Å². The third-order valence-electron chi connectivity index (χ3n) is 2.47. The molecule has 0 spiro atoms. The topological polar surface area (TPSA) is 90.0 Å². The van der Waals surface area contributed by atoms with Gasteiger partial charge in [0, 0.05) is 6.54 Å². The number of hydrogen-bond donors (Lipinski definition) is 2. The van der Waals surface area contributed by atoms with Crippen LogP contribution in [0.15, 0.2) is 15.6 Å². The fourth-order valence-corrected chi connectivity index (χ4v) is 1.68. The number of nitrogens with two attached hydrogens (primary N) is 1. The summed E-state index contributed by atoms with van der Waals surface area (Å²) in [4.78, 5) is 27.5. The van der Waals surface area contributed by atoms with Gasteiger partial charge < -0.3 is 0 Å². The molecule has 0 atom stereocenters. The van der Waals surface area contributed by atoms with Crippen LogP contribution in [-0.4, -0.2) is 15.5 Å². The number of nitrogens with one attached hydrogen (secondary N) is 1. The predicted molar refractivity (Wildman–Crippen MR) is 67.0 cm³/mol. The molecule has 1 heterocycles. The van der Waals surface area contributed by atoms with Crippen LogP contribution < -0.4 is 16.8 Å². The number of aromatic nitrogens is 2. The van der Waals surface area contributed by atoms with Crippen molar-refractivity contribution in [1.82, 2.24) is 15.0 Å². The Bertz CT molecular complexity index is 496. The van der Waals surface area contributed by atoms with Crippen LogP contribution in [0, 0.1) is 12.3 Å². The van der Waals surface area contributed by atoms with Gasteiger partial charge in [0.25, 0.3) is 5.56 Å². The minimum absolute atomic E-state index is 0.209. The van der Waals surface area contributed by atoms with Crippen molar-refractivity contribution < 1.29 is 4.79 Å². The van der Waals surface area contributed by atoms with E-state index in [1.54, 1.807) is 20.8 Å². The molecule has 7 heteroatoms. The van der Waals surface area contributed by atoms with Gasteiger partial charge >= 0.3 is 0 Å². The van der Waals surface area contributed by atoms with Crippen molar-refractivity contribution in [2.24, 2.45) is 11.3 Å². The molecule has 0 saturated heterocycles. The van der Waals surface area contributed by atoms with E-state index in [9.17, 15) is 9.59 Å². The number of hydrogen-bond acceptors (Lipinski definition) is 4. The first-order chi connectivity index (χ1) is 7.79. The molecule has 0 radical (unpaired) electrons. The van der Waals surface area contributed by atoms with Crippen molar-refractivity contribution in [2.45, 2.75) is 27.3 Å². The molecule has 0 aliphatic rings. The Labute approximate surface area is 107 Å². The van der Waals surface area contributed by atoms with E-state index in [0.29, 0.717) is 10.2 Å². The van der Waals surface area contributed by atoms with E-state index in [4.69, 9.17) is 5.84 Å². The smallest absolute Gasteiger partial charge is 0.267 e. The molecular formula is C10H15BrN4O2. The first-order valence-corrected chi connectivity index (χ1v) is 5.81. The zero-order chi connectivity index (χ0) is 13.2. The maximum atomic E-state index is 11.9. The maximum absolute atomic E-state index is 11.9. The molecule has 1 amide bonds. The number of aryl methyl sites for hydroxylation is 1. The third kappa shape index (κ3) is 2.92. The average Bonchev–Trinajstić information content (AvgIpc) is 2.28. The molecule has 0 aliphatic carbocycles. The van der Waals surface area contributed by atoms with Gasteiger partial charge in [0.05, 0.1) is 17.4 Å². The fraction of sp³-hybridized carbons (Fsp3) is 0.500. The lowest BCUT2D eigenvalue weighted by molar-refractivity contribution is -0.130. The van der Waals surface area contributed by atoms with Gasteiger partial charge in [-0.2, -0.15) is 0 Å². The lowest BCUT2D eigenvalue weighted by atomic mass is 9.92. The Kier molecular flexibility index (Phi) is 4.05. The Morgan fingerprint density at radius 1 is 1.65 bits per heavy atom. The number of amides is 1. The Morgan fingerprint density at radius 3 is 2.76 bits per heavy atom. The number of halogens is 1. The molecule has 6 nitrogen and oxygen atoms in total. The van der Waals surface area contributed by atoms with Crippen molar-refractivity contribution in [3.8, 4) is 0 Å². The summed E-state index contributed by atoms with van der Waals surface area (Å²) in [6.45, 7) is 5.35. The van der Waals surface area contributed by atoms with Crippen LogP contribution in [-0.2, 0) is 11.3 Å². The van der Waals surface area contributed by atoms with E-state index in [1.807, 2.05) is 0 Å². The van der Waals surface area contributed by atoms with Gasteiger partial charge in [0.15, 0.2) is 0 Å². The van der Waals surface area contributed by atoms with E-state index in [0.717, 1.165) is 0 Å². The van der Waals surface area contributed by atoms with E-state index in [1.165, 1.54) is 10.9 Å². The van der Waals surface area contributed by atoms with Crippen LogP contribution in [0.25, 0.3) is 0 Å². The highest BCUT2D eigenvalue weighted by Crippen LogP contribution is 2.17. The number of carbonyl (C=O) groups excluding carboxylic acids is 1. The normalized spacial score (nSPS) is 11.4. The van der Waals surface area contributed by atoms with Gasteiger partial charge in [-0.3, -0.25) is 19.6 Å². The quantitative estimate of drug-likeness (QED) is 0.478. The molecule has 0 fully saturated rings. The van der Waals surface area contributed by atoms with Gasteiger partial charge in [-0.25, -0.2) is 10.8 Å². The first-order valence-electron chi connectivity index (χ1n) is 5.02. The van der Waals surface area contributed by atoms with Crippen LogP contribution in [0.3, 0.4) is 0 Å². The minimum atomic E-state index is -0.783. The SMILES string of the molecule is Cc1ncn(CC(C)(C)C(=O)NN)c(=O)c1Br. The molecule has 0 saturated carbocycles. The molecule has 0 aliphatic heterocycles. The van der Waals surface area contributed by atoms with Crippen molar-refractivity contribution in [1.29, 1.82) is 0 Å². The second-order valence-corrected chi connectivity index (χ2v) is 5.23. The third-order valence-corrected chi connectivity index (χ3v) is 3.38. The molecule has 17 heavy (non-hydrogen) atoms. The van der Waals surface area contributed by atoms with E-state index >= 15 is 0 Å². The van der Waals surface area contributed by atoms with E-state index < -0.39 is 5.41 Å². The summed E-state index contributed by atoms with van der Waals surface area (Å²) < 4.78 is 1.79. The molecular weight excluding hydrogens is 288 g/mol. The van der Waals surface area contributed by atoms with Gasteiger partial charge in [-0.05, 0) is 36.7 Å². The summed E-state index contributed by atoms with van der Waals surface area (Å²) in [5.74, 6) is 4.76. The van der Waals surface area contributed by atoms with Crippen LogP contribution in [0.4, 0.5) is 0 Å². The van der Waals surface area contributed by atoms with Crippen molar-refractivity contribution >= 4 is 21.8 Å². The molecule has 3 N–H and O–H groups in total. The predicted octanol–water partition coefficient (Wildman–Crippen LogP) is 0.330. The number of nitrogens with zero attached hydrogens (tertiary/aromatic N) is 2. The summed E-state index contributed by atoms with van der Waals surface area (Å²) in [6, 6.07) is 0. The Balaban J connectivity index is 3.09. The zero-order valence-corrected chi connectivity index (χ0v) is 11.5. The lowest BCUT2D eigenvalue weighted by Crippen LogP contribution is -2.44. The molecule has 0 unspecified atom stereocenters. The van der Waals surface area contributed by atoms with Crippen molar-refractivity contribution in [3.63, 3.8) is 0 Å². The highest BCUT2D eigenvalue weighted by molar-refractivity contribution is 9.10. The molecule has 1 rings (SSSR count). The summed E-state index contributed by atoms with van der Waals surface area (Å²) in [7, 11) is 0. The number of carbonyl (C=O) groups is 1. The highest BCUT2D eigenvalue weighted by atomic mass is 79.9. The summed E-state index contributed by atoms with van der Waals surface area (Å²) in [5, 5.41) is 0. The minimum Gasteiger partial charge on any atom is -0.297 e. The molecule has 0 bridgehead atoms. The van der Waals surface area contributed by atoms with Crippen molar-refractivity contribution in [2.75, 3.05) is 0 Å². The van der Waals surface area contributed by atoms with Crippen LogP contribution in [0.2, 0.25) is 0 Å². The summed E-state index contributed by atoms with van der Waals surface area (Å²) in [5.41, 5.74) is 1.71. The number of rotatable bonds is 3. The van der Waals surface area contributed by atoms with Crippen LogP contribution in [0.5, 0.6) is 0 Å². The maximum Gasteiger partial charge on any atom is 0.267 e. The Hall–Kier alpha value is -1.21. The first kappa shape index (κ1) is 13.9. The average molecular weight is 303 g/mol. The zero-order valence-electron chi connectivity index (χ0n) is 9.95. The largest absolute Gasteiger partial charge is 0.297 e. The van der Waals surface area contributed by atoms with Crippen molar-refractivity contribution in [3.05, 3.63) is 26.8 Å². The monoisotopic (exact) mass is 302 g/mol. The fourth-order valence-electron chi connectivity index (χ4n) is 1.35. The van der Waals surface area contributed by atoms with E-state index in [-0.39, 0.29) is 18.0 Å². The summed E-state index contributed by atoms with van der Waals surface area (Å²) in [6.07, 6.45) is 1.42. The highest BCUT2D eigenvalue weighted by Gasteiger charge is 2.28. The second kappa shape index (κ2) is 4.97. The van der Waals surface area contributed by atoms with E-state index in [2.05, 4.69) is 26.3 Å². The second-order valence-electron chi connectivity index (χ2n) is 4.43. The summed E-state index contributed by atoms with van der Waals surface area (Å²) >= 11 is 3.17. The van der Waals surface area contributed by atoms with Gasteiger partial charge in [0.2, 0.25) is 5.91 Å². The Morgan fingerprint density at radius 2 is 2.24 bits per heavy atom. The molecule has 1 aromatic rings. The number of hydrazine groups is 1. The molecule has 94 valence electrons. The standard InChI is InChI=1S/C10H15BrN4O2/c1-6-7(11)8(16)15(5-13-6)4-10(2,3)9(17)14-12/h5H,4,12H2,1-3H3,(H,14,17). The van der Waals surface area contributed by atoms with Crippen LogP contribution in [0.1, 0.15) is 19.5 Å². The van der Waals surface area contributed by atoms with Gasteiger partial charge in [-0.15, -0.1) is 0 Å². The van der Waals surface area contributed by atoms with Gasteiger partial charge in [0.1, 0.15) is 4.47 Å².